The van der Waals surface area contributed by atoms with E-state index in [-0.39, 0.29) is 0 Å². The molecule has 5 heteroatoms. The van der Waals surface area contributed by atoms with Gasteiger partial charge in [-0.25, -0.2) is 0 Å². The van der Waals surface area contributed by atoms with Gasteiger partial charge in [-0.2, -0.15) is 13.2 Å². The molecule has 0 atom stereocenters. The predicted octanol–water partition coefficient (Wildman–Crippen LogP) is 4.87. The summed E-state index contributed by atoms with van der Waals surface area (Å²) in [6.45, 7) is 0. The number of para-hydroxylation sites is 1. The first-order valence-electron chi connectivity index (χ1n) is 5.49. The molecular formula is C14H11F3OS. The van der Waals surface area contributed by atoms with E-state index in [1.54, 1.807) is 12.1 Å². The maximum absolute atomic E-state index is 12.6. The molecule has 2 rings (SSSR count). The van der Waals surface area contributed by atoms with Crippen LogP contribution in [0.4, 0.5) is 13.2 Å². The average molecular weight is 284 g/mol. The van der Waals surface area contributed by atoms with Crippen molar-refractivity contribution in [2.75, 3.05) is 7.11 Å². The van der Waals surface area contributed by atoms with E-state index in [0.29, 0.717) is 10.6 Å². The highest BCUT2D eigenvalue weighted by molar-refractivity contribution is 7.99. The normalized spacial score (nSPS) is 11.4. The van der Waals surface area contributed by atoms with Gasteiger partial charge in [0, 0.05) is 4.90 Å². The Bertz CT molecular complexity index is 567. The molecule has 0 heterocycles. The lowest BCUT2D eigenvalue weighted by Crippen LogP contribution is -2.04. The van der Waals surface area contributed by atoms with Gasteiger partial charge < -0.3 is 4.74 Å². The van der Waals surface area contributed by atoms with Crippen LogP contribution in [0.25, 0.3) is 0 Å². The third kappa shape index (κ3) is 3.44. The smallest absolute Gasteiger partial charge is 0.416 e. The van der Waals surface area contributed by atoms with Crippen molar-refractivity contribution in [3.8, 4) is 5.75 Å². The summed E-state index contributed by atoms with van der Waals surface area (Å²) in [6, 6.07) is 12.5. The highest BCUT2D eigenvalue weighted by Gasteiger charge is 2.30. The molecule has 0 aliphatic rings. The quantitative estimate of drug-likeness (QED) is 0.795. The Morgan fingerprint density at radius 3 is 2.42 bits per heavy atom. The Morgan fingerprint density at radius 2 is 1.74 bits per heavy atom. The number of hydrogen-bond donors (Lipinski definition) is 0. The van der Waals surface area contributed by atoms with E-state index in [9.17, 15) is 13.2 Å². The van der Waals surface area contributed by atoms with Gasteiger partial charge in [0.15, 0.2) is 0 Å². The SMILES string of the molecule is COc1ccccc1Sc1cccc(C(F)(F)F)c1. The molecule has 0 radical (unpaired) electrons. The summed E-state index contributed by atoms with van der Waals surface area (Å²) in [5.74, 6) is 0.643. The molecule has 0 bridgehead atoms. The summed E-state index contributed by atoms with van der Waals surface area (Å²) in [5, 5.41) is 0. The van der Waals surface area contributed by atoms with E-state index in [1.165, 1.54) is 24.9 Å². The maximum Gasteiger partial charge on any atom is 0.416 e. The second-order valence-electron chi connectivity index (χ2n) is 3.78. The number of hydrogen-bond acceptors (Lipinski definition) is 2. The van der Waals surface area contributed by atoms with Gasteiger partial charge in [-0.1, -0.05) is 30.0 Å². The van der Waals surface area contributed by atoms with Crippen LogP contribution in [0.5, 0.6) is 5.75 Å². The van der Waals surface area contributed by atoms with Crippen molar-refractivity contribution >= 4 is 11.8 Å². The van der Waals surface area contributed by atoms with Gasteiger partial charge in [-0.3, -0.25) is 0 Å². The minimum absolute atomic E-state index is 0.527. The van der Waals surface area contributed by atoms with Gasteiger partial charge in [0.2, 0.25) is 0 Å². The van der Waals surface area contributed by atoms with E-state index >= 15 is 0 Å². The van der Waals surface area contributed by atoms with Crippen molar-refractivity contribution in [1.29, 1.82) is 0 Å². The van der Waals surface area contributed by atoms with Gasteiger partial charge in [0.05, 0.1) is 17.6 Å². The maximum atomic E-state index is 12.6. The molecule has 0 aromatic heterocycles. The molecule has 0 N–H and O–H groups in total. The van der Waals surface area contributed by atoms with Crippen LogP contribution >= 0.6 is 11.8 Å². The van der Waals surface area contributed by atoms with Crippen LogP contribution in [-0.4, -0.2) is 7.11 Å². The van der Waals surface area contributed by atoms with Gasteiger partial charge in [0.25, 0.3) is 0 Å². The van der Waals surface area contributed by atoms with Gasteiger partial charge in [0.1, 0.15) is 5.75 Å². The number of methoxy groups -OCH3 is 1. The molecule has 0 saturated heterocycles. The first kappa shape index (κ1) is 13.8. The third-order valence-electron chi connectivity index (χ3n) is 2.46. The lowest BCUT2D eigenvalue weighted by atomic mass is 10.2. The van der Waals surface area contributed by atoms with Crippen LogP contribution in [0.1, 0.15) is 5.56 Å². The number of rotatable bonds is 3. The fraction of sp³-hybridized carbons (Fsp3) is 0.143. The number of ether oxygens (including phenoxy) is 1. The minimum atomic E-state index is -4.32. The second kappa shape index (κ2) is 5.57. The van der Waals surface area contributed by atoms with Crippen LogP contribution in [0.2, 0.25) is 0 Å². The summed E-state index contributed by atoms with van der Waals surface area (Å²) in [5.41, 5.74) is -0.646. The number of halogens is 3. The zero-order valence-electron chi connectivity index (χ0n) is 10.1. The molecule has 100 valence electrons. The fourth-order valence-electron chi connectivity index (χ4n) is 1.57. The molecule has 2 aromatic carbocycles. The molecule has 0 unspecified atom stereocenters. The molecule has 0 aliphatic carbocycles. The summed E-state index contributed by atoms with van der Waals surface area (Å²) < 4.78 is 43.0. The largest absolute Gasteiger partial charge is 0.496 e. The van der Waals surface area contributed by atoms with E-state index in [0.717, 1.165) is 17.0 Å². The predicted molar refractivity (Wildman–Crippen MR) is 68.6 cm³/mol. The topological polar surface area (TPSA) is 9.23 Å². The number of benzene rings is 2. The first-order chi connectivity index (χ1) is 9.00. The molecule has 0 amide bonds. The Balaban J connectivity index is 2.29. The van der Waals surface area contributed by atoms with E-state index in [1.807, 2.05) is 18.2 Å². The minimum Gasteiger partial charge on any atom is -0.496 e. The zero-order chi connectivity index (χ0) is 13.9. The molecule has 0 spiro atoms. The van der Waals surface area contributed by atoms with Crippen LogP contribution in [0, 0.1) is 0 Å². The summed E-state index contributed by atoms with van der Waals surface area (Å²) in [7, 11) is 1.53. The van der Waals surface area contributed by atoms with Gasteiger partial charge >= 0.3 is 6.18 Å². The lowest BCUT2D eigenvalue weighted by molar-refractivity contribution is -0.137. The second-order valence-corrected chi connectivity index (χ2v) is 4.89. The van der Waals surface area contributed by atoms with Crippen LogP contribution in [0.3, 0.4) is 0 Å². The molecule has 0 fully saturated rings. The molecular weight excluding hydrogens is 273 g/mol. The first-order valence-corrected chi connectivity index (χ1v) is 6.30. The molecule has 2 aromatic rings. The van der Waals surface area contributed by atoms with Crippen molar-refractivity contribution in [3.05, 3.63) is 54.1 Å². The monoisotopic (exact) mass is 284 g/mol. The Kier molecular flexibility index (Phi) is 4.04. The summed E-state index contributed by atoms with van der Waals surface area (Å²) in [4.78, 5) is 1.31. The van der Waals surface area contributed by atoms with E-state index < -0.39 is 11.7 Å². The highest BCUT2D eigenvalue weighted by Crippen LogP contribution is 2.37. The van der Waals surface area contributed by atoms with Crippen LogP contribution in [-0.2, 0) is 6.18 Å². The van der Waals surface area contributed by atoms with Gasteiger partial charge in [-0.15, -0.1) is 0 Å². The van der Waals surface area contributed by atoms with Crippen molar-refractivity contribution in [1.82, 2.24) is 0 Å². The average Bonchev–Trinajstić information content (AvgIpc) is 2.39. The summed E-state index contributed by atoms with van der Waals surface area (Å²) in [6.07, 6.45) is -4.32. The van der Waals surface area contributed by atoms with Gasteiger partial charge in [-0.05, 0) is 30.3 Å². The third-order valence-corrected chi connectivity index (χ3v) is 3.51. The van der Waals surface area contributed by atoms with E-state index in [4.69, 9.17) is 4.74 Å². The van der Waals surface area contributed by atoms with E-state index in [2.05, 4.69) is 0 Å². The highest BCUT2D eigenvalue weighted by atomic mass is 32.2. The van der Waals surface area contributed by atoms with Crippen molar-refractivity contribution < 1.29 is 17.9 Å². The Hall–Kier alpha value is -1.62. The van der Waals surface area contributed by atoms with Crippen LogP contribution in [0.15, 0.2) is 58.3 Å². The standard InChI is InChI=1S/C14H11F3OS/c1-18-12-7-2-3-8-13(12)19-11-6-4-5-10(9-11)14(15,16)17/h2-9H,1H3. The van der Waals surface area contributed by atoms with Crippen LogP contribution < -0.4 is 4.74 Å². The van der Waals surface area contributed by atoms with Crippen molar-refractivity contribution in [2.45, 2.75) is 16.0 Å². The molecule has 1 nitrogen and oxygen atoms in total. The fourth-order valence-corrected chi connectivity index (χ4v) is 2.55. The number of alkyl halides is 3. The molecule has 19 heavy (non-hydrogen) atoms. The lowest BCUT2D eigenvalue weighted by Gasteiger charge is -2.10. The Morgan fingerprint density at radius 1 is 1.00 bits per heavy atom. The summed E-state index contributed by atoms with van der Waals surface area (Å²) >= 11 is 1.24. The molecule has 0 saturated carbocycles. The zero-order valence-corrected chi connectivity index (χ0v) is 10.9. The Labute approximate surface area is 113 Å². The molecule has 0 aliphatic heterocycles. The van der Waals surface area contributed by atoms with Crippen molar-refractivity contribution in [2.24, 2.45) is 0 Å². The van der Waals surface area contributed by atoms with Crippen molar-refractivity contribution in [3.63, 3.8) is 0 Å².